The molecule has 2 aromatic rings. The zero-order valence-electron chi connectivity index (χ0n) is 14.4. The van der Waals surface area contributed by atoms with Crippen molar-refractivity contribution in [1.82, 2.24) is 9.21 Å². The van der Waals surface area contributed by atoms with Gasteiger partial charge in [-0.3, -0.25) is 4.79 Å². The highest BCUT2D eigenvalue weighted by Gasteiger charge is 2.41. The van der Waals surface area contributed by atoms with Crippen molar-refractivity contribution in [2.75, 3.05) is 13.6 Å². The third-order valence-electron chi connectivity index (χ3n) is 4.38. The van der Waals surface area contributed by atoms with Gasteiger partial charge in [0.2, 0.25) is 5.91 Å². The Labute approximate surface area is 177 Å². The van der Waals surface area contributed by atoms with Gasteiger partial charge < -0.3 is 4.90 Å². The molecule has 27 heavy (non-hydrogen) atoms. The number of carbonyl (C=O) groups is 1. The third kappa shape index (κ3) is 4.44. The third-order valence-corrected chi connectivity index (χ3v) is 8.73. The summed E-state index contributed by atoms with van der Waals surface area (Å²) in [4.78, 5) is 14.4. The van der Waals surface area contributed by atoms with Crippen LogP contribution in [0.4, 0.5) is 0 Å². The normalized spacial score (nSPS) is 18.0. The van der Waals surface area contributed by atoms with Crippen LogP contribution in [0.3, 0.4) is 0 Å². The summed E-state index contributed by atoms with van der Waals surface area (Å²) in [6, 6.07) is 7.46. The average Bonchev–Trinajstić information content (AvgIpc) is 3.27. The number of hydrogen-bond donors (Lipinski definition) is 0. The lowest BCUT2D eigenvalue weighted by Crippen LogP contribution is -2.46. The number of rotatable bonds is 5. The number of halogens is 3. The van der Waals surface area contributed by atoms with Crippen LogP contribution in [0.15, 0.2) is 34.5 Å². The molecule has 0 saturated carbocycles. The smallest absolute Gasteiger partial charge is 0.253 e. The summed E-state index contributed by atoms with van der Waals surface area (Å²) in [7, 11) is -2.10. The molecular formula is C17H17Cl3N2O3S2. The first-order valence-corrected chi connectivity index (χ1v) is 11.6. The van der Waals surface area contributed by atoms with Gasteiger partial charge in [-0.1, -0.05) is 40.9 Å². The lowest BCUT2D eigenvalue weighted by Gasteiger charge is -2.27. The minimum Gasteiger partial charge on any atom is -0.340 e. The molecule has 10 heteroatoms. The van der Waals surface area contributed by atoms with E-state index in [1.807, 2.05) is 0 Å². The van der Waals surface area contributed by atoms with Crippen LogP contribution < -0.4 is 0 Å². The largest absolute Gasteiger partial charge is 0.340 e. The summed E-state index contributed by atoms with van der Waals surface area (Å²) in [5.74, 6) is -0.246. The standard InChI is InChI=1S/C17H17Cl3N2O3S2/c1-21(10-11-4-5-12(18)13(19)9-11)17(23)14-3-2-8-22(14)27(24,25)16-7-6-15(20)26-16/h4-7,9,14H,2-3,8,10H2,1H3. The molecule has 1 aromatic carbocycles. The van der Waals surface area contributed by atoms with Gasteiger partial charge in [0, 0.05) is 20.1 Å². The van der Waals surface area contributed by atoms with Gasteiger partial charge >= 0.3 is 0 Å². The molecule has 1 saturated heterocycles. The van der Waals surface area contributed by atoms with Gasteiger partial charge in [-0.05, 0) is 42.7 Å². The molecule has 5 nitrogen and oxygen atoms in total. The van der Waals surface area contributed by atoms with Crippen molar-refractivity contribution in [2.45, 2.75) is 29.6 Å². The average molecular weight is 468 g/mol. The number of hydrogen-bond acceptors (Lipinski definition) is 4. The predicted molar refractivity (Wildman–Crippen MR) is 109 cm³/mol. The van der Waals surface area contributed by atoms with E-state index in [1.54, 1.807) is 31.3 Å². The Morgan fingerprint density at radius 1 is 1.22 bits per heavy atom. The maximum Gasteiger partial charge on any atom is 0.253 e. The maximum atomic E-state index is 12.9. The highest BCUT2D eigenvalue weighted by atomic mass is 35.5. The van der Waals surface area contributed by atoms with Crippen molar-refractivity contribution in [3.63, 3.8) is 0 Å². The molecule has 1 aliphatic heterocycles. The van der Waals surface area contributed by atoms with Crippen molar-refractivity contribution in [2.24, 2.45) is 0 Å². The Balaban J connectivity index is 1.77. The molecule has 2 heterocycles. The van der Waals surface area contributed by atoms with Crippen molar-refractivity contribution >= 4 is 62.1 Å². The topological polar surface area (TPSA) is 57.7 Å². The van der Waals surface area contributed by atoms with Crippen LogP contribution in [-0.2, 0) is 21.4 Å². The van der Waals surface area contributed by atoms with E-state index in [2.05, 4.69) is 0 Å². The number of likely N-dealkylation sites (N-methyl/N-ethyl adjacent to an activating group) is 1. The molecule has 3 rings (SSSR count). The van der Waals surface area contributed by atoms with Gasteiger partial charge in [-0.15, -0.1) is 11.3 Å². The molecule has 1 amide bonds. The summed E-state index contributed by atoms with van der Waals surface area (Å²) < 4.78 is 27.6. The first kappa shape index (κ1) is 20.9. The molecule has 1 unspecified atom stereocenters. The maximum absolute atomic E-state index is 12.9. The summed E-state index contributed by atoms with van der Waals surface area (Å²) in [5, 5.41) is 0.853. The molecule has 0 bridgehead atoms. The lowest BCUT2D eigenvalue weighted by molar-refractivity contribution is -0.133. The number of sulfonamides is 1. The molecule has 1 aromatic heterocycles. The van der Waals surface area contributed by atoms with Crippen LogP contribution >= 0.6 is 46.1 Å². The summed E-state index contributed by atoms with van der Waals surface area (Å²) in [6.07, 6.45) is 1.12. The predicted octanol–water partition coefficient (Wildman–Crippen LogP) is 4.52. The highest BCUT2D eigenvalue weighted by molar-refractivity contribution is 7.91. The summed E-state index contributed by atoms with van der Waals surface area (Å²) in [6.45, 7) is 0.625. The van der Waals surface area contributed by atoms with E-state index in [-0.39, 0.29) is 10.1 Å². The highest BCUT2D eigenvalue weighted by Crippen LogP contribution is 2.33. The van der Waals surface area contributed by atoms with E-state index in [9.17, 15) is 13.2 Å². The molecule has 0 aliphatic carbocycles. The van der Waals surface area contributed by atoms with Gasteiger partial charge in [0.15, 0.2) is 0 Å². The van der Waals surface area contributed by atoms with E-state index in [1.165, 1.54) is 15.3 Å². The first-order valence-electron chi connectivity index (χ1n) is 8.16. The van der Waals surface area contributed by atoms with Gasteiger partial charge in [-0.2, -0.15) is 4.31 Å². The number of benzene rings is 1. The molecular weight excluding hydrogens is 451 g/mol. The van der Waals surface area contributed by atoms with Crippen LogP contribution in [0.1, 0.15) is 18.4 Å². The van der Waals surface area contributed by atoms with E-state index in [4.69, 9.17) is 34.8 Å². The first-order chi connectivity index (χ1) is 12.7. The van der Waals surface area contributed by atoms with Crippen LogP contribution in [0.2, 0.25) is 14.4 Å². The fraction of sp³-hybridized carbons (Fsp3) is 0.353. The Bertz CT molecular complexity index is 962. The van der Waals surface area contributed by atoms with Crippen molar-refractivity contribution < 1.29 is 13.2 Å². The molecule has 0 N–H and O–H groups in total. The van der Waals surface area contributed by atoms with Crippen molar-refractivity contribution in [3.05, 3.63) is 50.3 Å². The van der Waals surface area contributed by atoms with E-state index >= 15 is 0 Å². The van der Waals surface area contributed by atoms with E-state index in [0.717, 1.165) is 16.9 Å². The summed E-state index contributed by atoms with van der Waals surface area (Å²) >= 11 is 18.8. The van der Waals surface area contributed by atoms with Crippen LogP contribution in [0.25, 0.3) is 0 Å². The quantitative estimate of drug-likeness (QED) is 0.649. The van der Waals surface area contributed by atoms with Gasteiger partial charge in [0.25, 0.3) is 10.0 Å². The Kier molecular flexibility index (Phi) is 6.40. The number of nitrogens with zero attached hydrogens (tertiary/aromatic N) is 2. The Morgan fingerprint density at radius 3 is 2.59 bits per heavy atom. The monoisotopic (exact) mass is 466 g/mol. The molecule has 1 aliphatic rings. The minimum atomic E-state index is -3.75. The van der Waals surface area contributed by atoms with Crippen LogP contribution in [0, 0.1) is 0 Å². The fourth-order valence-corrected chi connectivity index (χ4v) is 6.65. The fourth-order valence-electron chi connectivity index (χ4n) is 3.07. The van der Waals surface area contributed by atoms with Crippen molar-refractivity contribution in [1.29, 1.82) is 0 Å². The molecule has 0 radical (unpaired) electrons. The van der Waals surface area contributed by atoms with Gasteiger partial charge in [0.1, 0.15) is 10.3 Å². The molecule has 146 valence electrons. The summed E-state index contributed by atoms with van der Waals surface area (Å²) in [5.41, 5.74) is 0.817. The molecule has 0 spiro atoms. The second-order valence-electron chi connectivity index (χ2n) is 6.28. The second kappa shape index (κ2) is 8.27. The second-order valence-corrected chi connectivity index (χ2v) is 10.9. The van der Waals surface area contributed by atoms with Crippen molar-refractivity contribution in [3.8, 4) is 0 Å². The SMILES string of the molecule is CN(Cc1ccc(Cl)c(Cl)c1)C(=O)C1CCCN1S(=O)(=O)c1ccc(Cl)s1. The van der Waals surface area contributed by atoms with E-state index < -0.39 is 16.1 Å². The Morgan fingerprint density at radius 2 is 1.96 bits per heavy atom. The minimum absolute atomic E-state index is 0.152. The van der Waals surface area contributed by atoms with Gasteiger partial charge in [0.05, 0.1) is 14.4 Å². The van der Waals surface area contributed by atoms with Gasteiger partial charge in [-0.25, -0.2) is 8.42 Å². The van der Waals surface area contributed by atoms with Crippen LogP contribution in [-0.4, -0.2) is 43.2 Å². The zero-order chi connectivity index (χ0) is 19.8. The molecule has 1 atom stereocenters. The lowest BCUT2D eigenvalue weighted by atomic mass is 10.1. The number of carbonyl (C=O) groups excluding carboxylic acids is 1. The Hall–Kier alpha value is -0.830. The van der Waals surface area contributed by atoms with E-state index in [0.29, 0.717) is 40.3 Å². The molecule has 1 fully saturated rings. The number of amides is 1. The number of thiophene rings is 1. The van der Waals surface area contributed by atoms with Crippen LogP contribution in [0.5, 0.6) is 0 Å². The zero-order valence-corrected chi connectivity index (χ0v) is 18.3.